The van der Waals surface area contributed by atoms with E-state index >= 15 is 0 Å². The van der Waals surface area contributed by atoms with Gasteiger partial charge < -0.3 is 0 Å². The number of aromatic nitrogens is 3. The van der Waals surface area contributed by atoms with E-state index in [1.807, 2.05) is 35.0 Å². The summed E-state index contributed by atoms with van der Waals surface area (Å²) in [6.45, 7) is 0. The van der Waals surface area contributed by atoms with E-state index in [9.17, 15) is 0 Å². The van der Waals surface area contributed by atoms with Crippen LogP contribution in [0.15, 0.2) is 36.4 Å². The number of aryl methyl sites for hydroxylation is 1. The summed E-state index contributed by atoms with van der Waals surface area (Å²) in [6, 6.07) is 12.1. The Hall–Kier alpha value is -1.87. The third kappa shape index (κ3) is 1.58. The fourth-order valence-corrected chi connectivity index (χ4v) is 3.22. The van der Waals surface area contributed by atoms with Crippen molar-refractivity contribution in [3.63, 3.8) is 0 Å². The quantitative estimate of drug-likeness (QED) is 0.676. The molecule has 3 nitrogen and oxygen atoms in total. The monoisotopic (exact) mass is 269 g/mol. The van der Waals surface area contributed by atoms with Crippen molar-refractivity contribution in [3.8, 4) is 5.69 Å². The molecule has 94 valence electrons. The van der Waals surface area contributed by atoms with Gasteiger partial charge in [-0.25, -0.2) is 4.68 Å². The molecule has 0 atom stereocenters. The van der Waals surface area contributed by atoms with E-state index in [2.05, 4.69) is 16.4 Å². The number of hydrogen-bond donors (Lipinski definition) is 0. The summed E-state index contributed by atoms with van der Waals surface area (Å²) in [7, 11) is 0. The second-order valence-corrected chi connectivity index (χ2v) is 5.26. The van der Waals surface area contributed by atoms with Crippen LogP contribution < -0.4 is 0 Å². The predicted molar refractivity (Wildman–Crippen MR) is 75.9 cm³/mol. The molecule has 0 N–H and O–H groups in total. The van der Waals surface area contributed by atoms with Gasteiger partial charge in [0.2, 0.25) is 0 Å². The summed E-state index contributed by atoms with van der Waals surface area (Å²) in [5.41, 5.74) is 5.40. The van der Waals surface area contributed by atoms with Crippen LogP contribution in [-0.4, -0.2) is 15.0 Å². The maximum absolute atomic E-state index is 6.58. The first-order valence-electron chi connectivity index (χ1n) is 6.45. The summed E-state index contributed by atoms with van der Waals surface area (Å²) in [4.78, 5) is 0. The number of benzene rings is 2. The third-order valence-electron chi connectivity index (χ3n) is 3.74. The van der Waals surface area contributed by atoms with E-state index in [1.165, 1.54) is 17.5 Å². The Balaban J connectivity index is 2.04. The lowest BCUT2D eigenvalue weighted by Gasteiger charge is -2.06. The fraction of sp³-hybridized carbons (Fsp3) is 0.200. The van der Waals surface area contributed by atoms with Gasteiger partial charge in [-0.05, 0) is 48.6 Å². The molecule has 0 bridgehead atoms. The fourth-order valence-electron chi connectivity index (χ4n) is 2.83. The number of para-hydroxylation sites is 1. The zero-order valence-corrected chi connectivity index (χ0v) is 11.1. The van der Waals surface area contributed by atoms with Gasteiger partial charge in [0.25, 0.3) is 0 Å². The molecule has 0 fully saturated rings. The first-order valence-corrected chi connectivity index (χ1v) is 6.83. The van der Waals surface area contributed by atoms with E-state index in [0.717, 1.165) is 34.6 Å². The van der Waals surface area contributed by atoms with Crippen LogP contribution in [0, 0.1) is 0 Å². The highest BCUT2D eigenvalue weighted by Gasteiger charge is 2.20. The molecule has 19 heavy (non-hydrogen) atoms. The SMILES string of the molecule is Clc1c2c(cc3nnn(-c4ccccc4)c13)CCC2. The van der Waals surface area contributed by atoms with Crippen molar-refractivity contribution in [2.45, 2.75) is 19.3 Å². The van der Waals surface area contributed by atoms with Gasteiger partial charge in [-0.1, -0.05) is 35.0 Å². The highest BCUT2D eigenvalue weighted by molar-refractivity contribution is 6.36. The number of halogens is 1. The smallest absolute Gasteiger partial charge is 0.115 e. The zero-order chi connectivity index (χ0) is 12.8. The van der Waals surface area contributed by atoms with E-state index in [0.29, 0.717) is 0 Å². The van der Waals surface area contributed by atoms with Crippen molar-refractivity contribution in [2.24, 2.45) is 0 Å². The Labute approximate surface area is 115 Å². The molecule has 0 saturated carbocycles. The molecule has 0 unspecified atom stereocenters. The van der Waals surface area contributed by atoms with Gasteiger partial charge in [0.05, 0.1) is 10.7 Å². The molecule has 0 saturated heterocycles. The molecule has 0 spiro atoms. The molecule has 4 rings (SSSR count). The van der Waals surface area contributed by atoms with Gasteiger partial charge in [-0.2, -0.15) is 0 Å². The summed E-state index contributed by atoms with van der Waals surface area (Å²) in [5, 5.41) is 9.33. The number of rotatable bonds is 1. The van der Waals surface area contributed by atoms with Crippen LogP contribution >= 0.6 is 11.6 Å². The van der Waals surface area contributed by atoms with Crippen molar-refractivity contribution in [1.29, 1.82) is 0 Å². The van der Waals surface area contributed by atoms with Gasteiger partial charge in [0.15, 0.2) is 0 Å². The Morgan fingerprint density at radius 3 is 2.79 bits per heavy atom. The Morgan fingerprint density at radius 1 is 1.11 bits per heavy atom. The maximum Gasteiger partial charge on any atom is 0.115 e. The highest BCUT2D eigenvalue weighted by atomic mass is 35.5. The molecule has 0 aliphatic heterocycles. The first kappa shape index (κ1) is 11.0. The van der Waals surface area contributed by atoms with Crippen molar-refractivity contribution in [1.82, 2.24) is 15.0 Å². The molecule has 1 aliphatic rings. The van der Waals surface area contributed by atoms with Crippen LogP contribution in [0.2, 0.25) is 5.02 Å². The molecule has 0 amide bonds. The van der Waals surface area contributed by atoms with Crippen molar-refractivity contribution < 1.29 is 0 Å². The minimum Gasteiger partial charge on any atom is -0.211 e. The number of fused-ring (bicyclic) bond motifs is 2. The van der Waals surface area contributed by atoms with Crippen molar-refractivity contribution >= 4 is 22.6 Å². The Morgan fingerprint density at radius 2 is 1.95 bits per heavy atom. The summed E-state index contributed by atoms with van der Waals surface area (Å²) < 4.78 is 1.83. The first-order chi connectivity index (χ1) is 9.34. The third-order valence-corrected chi connectivity index (χ3v) is 4.15. The second kappa shape index (κ2) is 4.07. The Bertz CT molecular complexity index is 762. The van der Waals surface area contributed by atoms with Gasteiger partial charge in [-0.3, -0.25) is 0 Å². The van der Waals surface area contributed by atoms with Crippen LogP contribution in [0.3, 0.4) is 0 Å². The van der Waals surface area contributed by atoms with Crippen LogP contribution in [0.4, 0.5) is 0 Å². The summed E-state index contributed by atoms with van der Waals surface area (Å²) in [6.07, 6.45) is 3.34. The molecule has 4 heteroatoms. The molecular weight excluding hydrogens is 258 g/mol. The van der Waals surface area contributed by atoms with E-state index in [4.69, 9.17) is 11.6 Å². The normalized spacial score (nSPS) is 13.9. The molecule has 2 aromatic carbocycles. The summed E-state index contributed by atoms with van der Waals surface area (Å²) in [5.74, 6) is 0. The molecule has 1 aliphatic carbocycles. The minimum atomic E-state index is 0.818. The minimum absolute atomic E-state index is 0.818. The lowest BCUT2D eigenvalue weighted by Crippen LogP contribution is -1.97. The highest BCUT2D eigenvalue weighted by Crippen LogP contribution is 2.35. The van der Waals surface area contributed by atoms with E-state index in [1.54, 1.807) is 0 Å². The van der Waals surface area contributed by atoms with Gasteiger partial charge in [0.1, 0.15) is 11.0 Å². The molecule has 0 radical (unpaired) electrons. The molecular formula is C15H12ClN3. The zero-order valence-electron chi connectivity index (χ0n) is 10.3. The van der Waals surface area contributed by atoms with Gasteiger partial charge >= 0.3 is 0 Å². The topological polar surface area (TPSA) is 30.7 Å². The second-order valence-electron chi connectivity index (χ2n) is 4.89. The maximum atomic E-state index is 6.58. The van der Waals surface area contributed by atoms with Crippen LogP contribution in [0.25, 0.3) is 16.7 Å². The largest absolute Gasteiger partial charge is 0.211 e. The molecule has 1 heterocycles. The standard InChI is InChI=1S/C15H12ClN3/c16-14-12-8-4-5-10(12)9-13-15(14)19(18-17-13)11-6-2-1-3-7-11/h1-3,6-7,9H,4-5,8H2. The number of hydrogen-bond acceptors (Lipinski definition) is 2. The average molecular weight is 270 g/mol. The lowest BCUT2D eigenvalue weighted by molar-refractivity contribution is 0.823. The average Bonchev–Trinajstić information content (AvgIpc) is 3.06. The van der Waals surface area contributed by atoms with E-state index < -0.39 is 0 Å². The van der Waals surface area contributed by atoms with E-state index in [-0.39, 0.29) is 0 Å². The predicted octanol–water partition coefficient (Wildman–Crippen LogP) is 3.56. The van der Waals surface area contributed by atoms with Gasteiger partial charge in [-0.15, -0.1) is 5.10 Å². The van der Waals surface area contributed by atoms with Gasteiger partial charge in [0, 0.05) is 0 Å². The number of nitrogens with zero attached hydrogens (tertiary/aromatic N) is 3. The van der Waals surface area contributed by atoms with Crippen LogP contribution in [0.5, 0.6) is 0 Å². The molecule has 1 aromatic heterocycles. The Kier molecular flexibility index (Phi) is 2.35. The van der Waals surface area contributed by atoms with Crippen molar-refractivity contribution in [2.75, 3.05) is 0 Å². The lowest BCUT2D eigenvalue weighted by atomic mass is 10.1. The molecule has 3 aromatic rings. The van der Waals surface area contributed by atoms with Crippen molar-refractivity contribution in [3.05, 3.63) is 52.5 Å². The van der Waals surface area contributed by atoms with Crippen LogP contribution in [-0.2, 0) is 12.8 Å². The summed E-state index contributed by atoms with van der Waals surface area (Å²) >= 11 is 6.58. The van der Waals surface area contributed by atoms with Crippen LogP contribution in [0.1, 0.15) is 17.5 Å².